The predicted molar refractivity (Wildman–Crippen MR) is 321 cm³/mol. The third-order valence-electron chi connectivity index (χ3n) is 14.8. The van der Waals surface area contributed by atoms with E-state index in [4.69, 9.17) is 9.05 Å². The molecule has 0 spiro atoms. The highest BCUT2D eigenvalue weighted by Crippen LogP contribution is 2.38. The summed E-state index contributed by atoms with van der Waals surface area (Å²) in [4.78, 5) is 25.5. The molecule has 0 aliphatic carbocycles. The van der Waals surface area contributed by atoms with Crippen LogP contribution in [0.4, 0.5) is 0 Å². The molecule has 9 heteroatoms. The number of phosphoric ester groups is 1. The Bertz CT molecular complexity index is 1300. The molecule has 0 aliphatic heterocycles. The van der Waals surface area contributed by atoms with Gasteiger partial charge in [0.2, 0.25) is 5.91 Å². The summed E-state index contributed by atoms with van der Waals surface area (Å²) in [6.45, 7) is 4.66. The molecule has 1 amide bonds. The van der Waals surface area contributed by atoms with Crippen LogP contribution in [0.2, 0.25) is 0 Å². The van der Waals surface area contributed by atoms with E-state index < -0.39 is 26.6 Å². The van der Waals surface area contributed by atoms with Crippen molar-refractivity contribution in [3.05, 3.63) is 36.5 Å². The molecule has 8 nitrogen and oxygen atoms in total. The van der Waals surface area contributed by atoms with Gasteiger partial charge in [-0.05, 0) is 44.9 Å². The van der Waals surface area contributed by atoms with Crippen LogP contribution in [0.5, 0.6) is 0 Å². The molecule has 0 fully saturated rings. The summed E-state index contributed by atoms with van der Waals surface area (Å²) >= 11 is 0. The minimum absolute atomic E-state index is 0.00726. The van der Waals surface area contributed by atoms with E-state index in [-0.39, 0.29) is 12.5 Å². The fourth-order valence-corrected chi connectivity index (χ4v) is 10.5. The molecule has 0 aliphatic rings. The lowest BCUT2D eigenvalue weighted by atomic mass is 10.0. The average Bonchev–Trinajstić information content (AvgIpc) is 3.36. The van der Waals surface area contributed by atoms with Gasteiger partial charge < -0.3 is 28.8 Å². The molecule has 0 bridgehead atoms. The zero-order valence-corrected chi connectivity index (χ0v) is 51.0. The second-order valence-electron chi connectivity index (χ2n) is 23.5. The van der Waals surface area contributed by atoms with Gasteiger partial charge in [0.25, 0.3) is 7.82 Å². The summed E-state index contributed by atoms with van der Waals surface area (Å²) in [5, 5.41) is 13.9. The predicted octanol–water partition coefficient (Wildman–Crippen LogP) is 19.5. The van der Waals surface area contributed by atoms with Gasteiger partial charge in [0.05, 0.1) is 39.9 Å². The van der Waals surface area contributed by atoms with Crippen molar-refractivity contribution in [2.75, 3.05) is 40.9 Å². The number of hydrogen-bond donors (Lipinski definition) is 2. The second-order valence-corrected chi connectivity index (χ2v) is 24.9. The molecule has 2 N–H and O–H groups in total. The Labute approximate surface area is 461 Å². The third-order valence-corrected chi connectivity index (χ3v) is 15.8. The lowest BCUT2D eigenvalue weighted by Gasteiger charge is -2.29. The zero-order chi connectivity index (χ0) is 54.2. The van der Waals surface area contributed by atoms with Crippen LogP contribution >= 0.6 is 7.82 Å². The number of rotatable bonds is 60. The molecular weight excluding hydrogens is 936 g/mol. The molecule has 0 aromatic heterocycles. The first kappa shape index (κ1) is 72.7. The largest absolute Gasteiger partial charge is 0.756 e. The Kier molecular flexibility index (Phi) is 55.5. The van der Waals surface area contributed by atoms with Gasteiger partial charge in [-0.2, -0.15) is 0 Å². The first-order valence-corrected chi connectivity index (χ1v) is 33.8. The first-order valence-electron chi connectivity index (χ1n) is 32.4. The number of nitrogens with one attached hydrogen (secondary N) is 1. The van der Waals surface area contributed by atoms with E-state index >= 15 is 0 Å². The molecule has 0 saturated carbocycles. The van der Waals surface area contributed by atoms with Gasteiger partial charge >= 0.3 is 0 Å². The van der Waals surface area contributed by atoms with E-state index in [0.717, 1.165) is 44.9 Å². The third kappa shape index (κ3) is 58.4. The van der Waals surface area contributed by atoms with Crippen LogP contribution in [0, 0.1) is 0 Å². The molecule has 3 atom stereocenters. The van der Waals surface area contributed by atoms with Gasteiger partial charge in [-0.15, -0.1) is 0 Å². The van der Waals surface area contributed by atoms with E-state index in [2.05, 4.69) is 43.5 Å². The molecule has 0 saturated heterocycles. The summed E-state index contributed by atoms with van der Waals surface area (Å²) in [5.74, 6) is -0.205. The van der Waals surface area contributed by atoms with Crippen LogP contribution in [-0.4, -0.2) is 68.5 Å². The number of allylic oxidation sites excluding steroid dienone is 5. The summed E-state index contributed by atoms with van der Waals surface area (Å²) < 4.78 is 23.4. The molecule has 0 aromatic carbocycles. The van der Waals surface area contributed by atoms with E-state index in [1.54, 1.807) is 6.08 Å². The first-order chi connectivity index (χ1) is 36.0. The minimum Gasteiger partial charge on any atom is -0.756 e. The maximum absolute atomic E-state index is 13.0. The van der Waals surface area contributed by atoms with E-state index in [0.29, 0.717) is 17.4 Å². The summed E-state index contributed by atoms with van der Waals surface area (Å²) in [7, 11) is 1.25. The molecule has 0 aromatic rings. The fourth-order valence-electron chi connectivity index (χ4n) is 9.78. The number of phosphoric acid groups is 1. The van der Waals surface area contributed by atoms with Crippen molar-refractivity contribution in [3.63, 3.8) is 0 Å². The molecular formula is C65H127N2O6P. The van der Waals surface area contributed by atoms with Crippen LogP contribution < -0.4 is 10.2 Å². The number of carbonyl (C=O) groups excluding carboxylic acids is 1. The van der Waals surface area contributed by atoms with Crippen LogP contribution in [0.25, 0.3) is 0 Å². The van der Waals surface area contributed by atoms with Crippen molar-refractivity contribution in [1.29, 1.82) is 0 Å². The van der Waals surface area contributed by atoms with Crippen LogP contribution in [0.1, 0.15) is 322 Å². The van der Waals surface area contributed by atoms with Crippen molar-refractivity contribution in [3.8, 4) is 0 Å². The second kappa shape index (κ2) is 56.4. The van der Waals surface area contributed by atoms with E-state index in [1.165, 1.54) is 257 Å². The Hall–Kier alpha value is -1.28. The zero-order valence-electron chi connectivity index (χ0n) is 50.1. The Morgan fingerprint density at radius 2 is 0.757 bits per heavy atom. The number of hydrogen-bond acceptors (Lipinski definition) is 6. The lowest BCUT2D eigenvalue weighted by Crippen LogP contribution is -2.45. The lowest BCUT2D eigenvalue weighted by molar-refractivity contribution is -0.870. The van der Waals surface area contributed by atoms with Gasteiger partial charge in [0.1, 0.15) is 13.2 Å². The number of aliphatic hydroxyl groups is 1. The number of nitrogens with zero attached hydrogens (tertiary/aromatic N) is 1. The number of unbranched alkanes of at least 4 members (excludes halogenated alkanes) is 43. The average molecular weight is 1060 g/mol. The topological polar surface area (TPSA) is 108 Å². The summed E-state index contributed by atoms with van der Waals surface area (Å²) in [6.07, 6.45) is 74.0. The highest BCUT2D eigenvalue weighted by molar-refractivity contribution is 7.45. The maximum atomic E-state index is 13.0. The molecule has 0 radical (unpaired) electrons. The smallest absolute Gasteiger partial charge is 0.268 e. The van der Waals surface area contributed by atoms with Crippen molar-refractivity contribution in [1.82, 2.24) is 5.32 Å². The number of quaternary nitrogens is 1. The molecule has 3 unspecified atom stereocenters. The number of likely N-dealkylation sites (N-methyl/N-ethyl adjacent to an activating group) is 1. The Balaban J connectivity index is 4.08. The SMILES string of the molecule is CCCCCCCCCCCC/C=C/CC/C=C/CC/C=C/C(O)C(COP(=O)([O-])OCC[N+](C)(C)C)NC(=O)CCCCCCCCCCCCCCCCCCCCCCCCCCCCCCCCCC. The van der Waals surface area contributed by atoms with Crippen LogP contribution in [-0.2, 0) is 18.4 Å². The van der Waals surface area contributed by atoms with Crippen molar-refractivity contribution in [2.24, 2.45) is 0 Å². The van der Waals surface area contributed by atoms with Crippen molar-refractivity contribution in [2.45, 2.75) is 334 Å². The van der Waals surface area contributed by atoms with Gasteiger partial charge in [-0.3, -0.25) is 9.36 Å². The minimum atomic E-state index is -4.61. The molecule has 438 valence electrons. The summed E-state index contributed by atoms with van der Waals surface area (Å²) in [6, 6.07) is -0.908. The standard InChI is InChI=1S/C65H127N2O6P/c1-6-8-10-12-14-16-18-20-22-24-26-28-29-30-31-32-33-34-35-36-37-38-39-41-43-45-47-49-51-53-55-57-59-65(69)66-63(62-73-74(70,71)72-61-60-67(3,4)5)64(68)58-56-54-52-50-48-46-44-42-40-27-25-23-21-19-17-15-13-11-9-7-2/h40,42,48,50,56,58,63-64,68H,6-39,41,43-47,49,51-55,57,59-62H2,1-5H3,(H-,66,69,70,71)/b42-40+,50-48+,58-56+. The molecule has 74 heavy (non-hydrogen) atoms. The van der Waals surface area contributed by atoms with E-state index in [9.17, 15) is 19.4 Å². The van der Waals surface area contributed by atoms with E-state index in [1.807, 2.05) is 27.2 Å². The van der Waals surface area contributed by atoms with Crippen molar-refractivity contribution < 1.29 is 32.9 Å². The Morgan fingerprint density at radius 1 is 0.459 bits per heavy atom. The highest BCUT2D eigenvalue weighted by atomic mass is 31.2. The summed E-state index contributed by atoms with van der Waals surface area (Å²) in [5.41, 5.74) is 0. The number of aliphatic hydroxyl groups excluding tert-OH is 1. The van der Waals surface area contributed by atoms with Crippen LogP contribution in [0.3, 0.4) is 0 Å². The van der Waals surface area contributed by atoms with Gasteiger partial charge in [-0.25, -0.2) is 0 Å². The fraction of sp³-hybridized carbons (Fsp3) is 0.892. The van der Waals surface area contributed by atoms with Crippen LogP contribution in [0.15, 0.2) is 36.5 Å². The van der Waals surface area contributed by atoms with Gasteiger partial charge in [0, 0.05) is 6.42 Å². The number of carbonyl (C=O) groups is 1. The van der Waals surface area contributed by atoms with Gasteiger partial charge in [-0.1, -0.05) is 307 Å². The monoisotopic (exact) mass is 1060 g/mol. The Morgan fingerprint density at radius 3 is 1.09 bits per heavy atom. The molecule has 0 heterocycles. The normalized spacial score (nSPS) is 14.0. The highest BCUT2D eigenvalue weighted by Gasteiger charge is 2.23. The molecule has 0 rings (SSSR count). The number of amides is 1. The van der Waals surface area contributed by atoms with Gasteiger partial charge in [0.15, 0.2) is 0 Å². The van der Waals surface area contributed by atoms with Crippen molar-refractivity contribution >= 4 is 13.7 Å². The maximum Gasteiger partial charge on any atom is 0.268 e. The quantitative estimate of drug-likeness (QED) is 0.0272.